The molecule has 180 valence electrons. The minimum atomic E-state index is -1.13. The molecule has 0 amide bonds. The van der Waals surface area contributed by atoms with Crippen LogP contribution in [0.1, 0.15) is 80.4 Å². The lowest BCUT2D eigenvalue weighted by Crippen LogP contribution is -2.12. The highest BCUT2D eigenvalue weighted by molar-refractivity contribution is 7.35. The predicted octanol–water partition coefficient (Wildman–Crippen LogP) is 9.49. The molecule has 0 fully saturated rings. The molecule has 0 saturated carbocycles. The zero-order chi connectivity index (χ0) is 23.6. The maximum absolute atomic E-state index is 6.38. The molecule has 0 radical (unpaired) electrons. The second-order valence-electron chi connectivity index (χ2n) is 9.93. The lowest BCUT2D eigenvalue weighted by molar-refractivity contribution is 0.413. The third kappa shape index (κ3) is 6.04. The number of ether oxygens (including phenoxy) is 2. The highest BCUT2D eigenvalue weighted by atomic mass is 31.1. The van der Waals surface area contributed by atoms with Crippen molar-refractivity contribution in [1.82, 2.24) is 0 Å². The molecule has 0 bridgehead atoms. The van der Waals surface area contributed by atoms with Gasteiger partial charge in [-0.15, -0.1) is 0 Å². The second-order valence-corrected chi connectivity index (χ2v) is 11.2. The highest BCUT2D eigenvalue weighted by Crippen LogP contribution is 2.44. The summed E-state index contributed by atoms with van der Waals surface area (Å²) in [6.07, 6.45) is 1.25. The average molecular weight is 463 g/mol. The molecule has 1 aromatic heterocycles. The molecule has 2 aromatic carbocycles. The van der Waals surface area contributed by atoms with E-state index in [2.05, 4.69) is 67.5 Å². The van der Waals surface area contributed by atoms with Crippen LogP contribution in [0.2, 0.25) is 0 Å². The van der Waals surface area contributed by atoms with Gasteiger partial charge in [0.25, 0.3) is 0 Å². The Balaban J connectivity index is 0.00000121. The van der Waals surface area contributed by atoms with E-state index in [4.69, 9.17) is 17.9 Å². The third-order valence-electron chi connectivity index (χ3n) is 4.94. The number of fused-ring (bicyclic) bond motifs is 3. The third-order valence-corrected chi connectivity index (χ3v) is 5.82. The van der Waals surface area contributed by atoms with Crippen molar-refractivity contribution in [2.24, 2.45) is 6.66 Å². The molecule has 0 N–H and O–H groups in total. The molecule has 3 aromatic rings. The summed E-state index contributed by atoms with van der Waals surface area (Å²) in [6.45, 7) is 19.3. The summed E-state index contributed by atoms with van der Waals surface area (Å²) in [5.41, 5.74) is 3.74. The van der Waals surface area contributed by atoms with E-state index in [1.54, 1.807) is 14.2 Å². The Bertz CT molecular complexity index is 999. The molecule has 0 atom stereocenters. The van der Waals surface area contributed by atoms with E-state index < -0.39 is 8.01 Å². The van der Waals surface area contributed by atoms with Gasteiger partial charge in [0.15, 0.2) is 0 Å². The number of methoxy groups -OCH3 is 2. The zero-order valence-electron chi connectivity index (χ0n) is 21.1. The van der Waals surface area contributed by atoms with Gasteiger partial charge in [-0.3, -0.25) is 0 Å². The van der Waals surface area contributed by atoms with Crippen molar-refractivity contribution < 1.29 is 17.9 Å². The van der Waals surface area contributed by atoms with Crippen molar-refractivity contribution in [2.45, 2.75) is 80.1 Å². The van der Waals surface area contributed by atoms with Crippen LogP contribution in [0.3, 0.4) is 0 Å². The Labute approximate surface area is 195 Å². The molecular formula is C27H43O4P. The van der Waals surface area contributed by atoms with Crippen molar-refractivity contribution in [1.29, 1.82) is 0 Å². The fourth-order valence-electron chi connectivity index (χ4n) is 3.43. The molecular weight excluding hydrogens is 419 g/mol. The van der Waals surface area contributed by atoms with Crippen molar-refractivity contribution in [2.75, 3.05) is 14.2 Å². The maximum atomic E-state index is 6.38. The molecule has 1 heterocycles. The summed E-state index contributed by atoms with van der Waals surface area (Å²) in [5.74, 6) is 1.61. The SMILES string of the molecule is C.CCC.COc1cc(C(C)(C)C)c2op(C)oc3c(C(C)(C)C)cc(OC)cc3c2c1. The molecule has 4 nitrogen and oxygen atoms in total. The van der Waals surface area contributed by atoms with Crippen LogP contribution in [0.25, 0.3) is 21.9 Å². The first-order valence-corrected chi connectivity index (χ1v) is 12.5. The molecule has 32 heavy (non-hydrogen) atoms. The monoisotopic (exact) mass is 462 g/mol. The quantitative estimate of drug-likeness (QED) is 0.380. The normalized spacial score (nSPS) is 11.5. The molecule has 0 aliphatic carbocycles. The Morgan fingerprint density at radius 3 is 1.28 bits per heavy atom. The molecule has 0 aliphatic heterocycles. The minimum Gasteiger partial charge on any atom is -0.497 e. The smallest absolute Gasteiger partial charge is 0.213 e. The molecule has 0 saturated heterocycles. The second kappa shape index (κ2) is 10.7. The van der Waals surface area contributed by atoms with Crippen LogP contribution >= 0.6 is 8.01 Å². The Morgan fingerprint density at radius 2 is 1.03 bits per heavy atom. The van der Waals surface area contributed by atoms with E-state index >= 15 is 0 Å². The number of rotatable bonds is 2. The zero-order valence-corrected chi connectivity index (χ0v) is 22.0. The van der Waals surface area contributed by atoms with E-state index in [1.807, 2.05) is 18.8 Å². The van der Waals surface area contributed by atoms with Crippen LogP contribution in [0.5, 0.6) is 11.5 Å². The first-order valence-electron chi connectivity index (χ1n) is 10.9. The lowest BCUT2D eigenvalue weighted by atomic mass is 9.84. The van der Waals surface area contributed by atoms with Crippen LogP contribution in [-0.2, 0) is 17.5 Å². The van der Waals surface area contributed by atoms with Crippen LogP contribution in [0, 0.1) is 0 Å². The van der Waals surface area contributed by atoms with Gasteiger partial charge >= 0.3 is 0 Å². The Hall–Kier alpha value is -2.06. The summed E-state index contributed by atoms with van der Waals surface area (Å²) in [6, 6.07) is 8.20. The van der Waals surface area contributed by atoms with E-state index in [1.165, 1.54) is 6.42 Å². The first kappa shape index (κ1) is 28.0. The molecule has 0 spiro atoms. The number of aryl methyl sites for hydroxylation is 1. The fourth-order valence-corrected chi connectivity index (χ4v) is 4.37. The summed E-state index contributed by atoms with van der Waals surface area (Å²) < 4.78 is 24.0. The number of hydrogen-bond acceptors (Lipinski definition) is 4. The van der Waals surface area contributed by atoms with Crippen molar-refractivity contribution in [3.63, 3.8) is 0 Å². The molecule has 3 rings (SSSR count). The van der Waals surface area contributed by atoms with Crippen LogP contribution in [-0.4, -0.2) is 14.2 Å². The maximum Gasteiger partial charge on any atom is 0.213 e. The number of hydrogen-bond donors (Lipinski definition) is 0. The number of benzene rings is 2. The summed E-state index contributed by atoms with van der Waals surface area (Å²) >= 11 is 0. The topological polar surface area (TPSA) is 44.7 Å². The van der Waals surface area contributed by atoms with E-state index in [-0.39, 0.29) is 18.3 Å². The Morgan fingerprint density at radius 1 is 0.719 bits per heavy atom. The van der Waals surface area contributed by atoms with Gasteiger partial charge in [-0.05, 0) is 35.1 Å². The average Bonchev–Trinajstić information content (AvgIpc) is 2.80. The summed E-state index contributed by atoms with van der Waals surface area (Å²) in [5, 5.41) is 1.96. The van der Waals surface area contributed by atoms with Gasteiger partial charge in [0, 0.05) is 28.6 Å². The van der Waals surface area contributed by atoms with Crippen LogP contribution in [0.4, 0.5) is 0 Å². The van der Waals surface area contributed by atoms with Gasteiger partial charge in [-0.2, -0.15) is 0 Å². The first-order chi connectivity index (χ1) is 14.4. The van der Waals surface area contributed by atoms with Gasteiger partial charge < -0.3 is 17.9 Å². The molecule has 0 unspecified atom stereocenters. The van der Waals surface area contributed by atoms with E-state index in [0.717, 1.165) is 44.6 Å². The standard InChI is InChI=1S/C23H31O4P.C3H8.CH4/c1-22(2,3)18-12-14(24-7)10-16-17-11-15(25-8)13-19(23(4,5)6)21(17)27-28(9)26-20(16)18;1-3-2;/h10-13H,1-9H3;3H2,1-2H3;1H4. The van der Waals surface area contributed by atoms with Gasteiger partial charge in [-0.25, -0.2) is 0 Å². The van der Waals surface area contributed by atoms with Crippen LogP contribution in [0.15, 0.2) is 32.7 Å². The largest absolute Gasteiger partial charge is 0.497 e. The van der Waals surface area contributed by atoms with Crippen molar-refractivity contribution in [3.8, 4) is 11.5 Å². The van der Waals surface area contributed by atoms with Gasteiger partial charge in [-0.1, -0.05) is 69.2 Å². The van der Waals surface area contributed by atoms with Crippen molar-refractivity contribution in [3.05, 3.63) is 35.4 Å². The van der Waals surface area contributed by atoms with Gasteiger partial charge in [0.05, 0.1) is 14.2 Å². The molecule has 5 heteroatoms. The molecule has 0 aliphatic rings. The van der Waals surface area contributed by atoms with E-state index in [0.29, 0.717) is 0 Å². The summed E-state index contributed by atoms with van der Waals surface area (Å²) in [4.78, 5) is 0. The fraction of sp³-hybridized carbons (Fsp3) is 0.556. The van der Waals surface area contributed by atoms with Crippen LogP contribution < -0.4 is 9.47 Å². The minimum absolute atomic E-state index is 0. The van der Waals surface area contributed by atoms with Crippen molar-refractivity contribution >= 4 is 30.0 Å². The van der Waals surface area contributed by atoms with Gasteiger partial charge in [0.1, 0.15) is 22.7 Å². The highest BCUT2D eigenvalue weighted by Gasteiger charge is 2.25. The van der Waals surface area contributed by atoms with Gasteiger partial charge in [0.2, 0.25) is 8.01 Å². The summed E-state index contributed by atoms with van der Waals surface area (Å²) in [7, 11) is 2.27. The Kier molecular flexibility index (Phi) is 9.36. The van der Waals surface area contributed by atoms with E-state index in [9.17, 15) is 0 Å². The lowest BCUT2D eigenvalue weighted by Gasteiger charge is -2.21. The predicted molar refractivity (Wildman–Crippen MR) is 141 cm³/mol.